The van der Waals surface area contributed by atoms with Crippen LogP contribution in [0.5, 0.6) is 0 Å². The van der Waals surface area contributed by atoms with Gasteiger partial charge in [-0.25, -0.2) is 8.78 Å². The lowest BCUT2D eigenvalue weighted by molar-refractivity contribution is -0.115. The number of rotatable bonds is 7. The largest absolute Gasteiger partial charge is 0.323 e. The number of anilines is 1. The number of amides is 1. The van der Waals surface area contributed by atoms with Crippen LogP contribution in [0.25, 0.3) is 0 Å². The Hall–Kier alpha value is -2.74. The van der Waals surface area contributed by atoms with Gasteiger partial charge in [0, 0.05) is 12.0 Å². The molecule has 0 saturated heterocycles. The summed E-state index contributed by atoms with van der Waals surface area (Å²) in [6, 6.07) is 13.0. The van der Waals surface area contributed by atoms with Crippen LogP contribution in [-0.4, -0.2) is 25.9 Å². The molecule has 4 rings (SSSR count). The first-order valence-corrected chi connectivity index (χ1v) is 10.3. The van der Waals surface area contributed by atoms with E-state index < -0.39 is 22.8 Å². The lowest BCUT2D eigenvalue weighted by atomic mass is 10.2. The molecule has 8 heteroatoms. The van der Waals surface area contributed by atoms with Crippen LogP contribution in [-0.2, 0) is 11.3 Å². The van der Waals surface area contributed by atoms with Crippen molar-refractivity contribution in [2.24, 2.45) is 0 Å². The molecule has 1 aliphatic carbocycles. The maximum atomic E-state index is 13.8. The maximum Gasteiger partial charge on any atom is 0.237 e. The highest BCUT2D eigenvalue weighted by Gasteiger charge is 2.31. The maximum absolute atomic E-state index is 13.8. The summed E-state index contributed by atoms with van der Waals surface area (Å²) < 4.78 is 29.2. The van der Waals surface area contributed by atoms with Crippen molar-refractivity contribution >= 4 is 23.4 Å². The topological polar surface area (TPSA) is 59.8 Å². The van der Waals surface area contributed by atoms with Gasteiger partial charge >= 0.3 is 0 Å². The second kappa shape index (κ2) is 8.32. The molecule has 5 nitrogen and oxygen atoms in total. The van der Waals surface area contributed by atoms with Crippen LogP contribution in [0.2, 0.25) is 0 Å². The SMILES string of the molecule is C[C@@H](Sc1nnc(C2CC2)n1Cc1ccccc1)C(=O)Nc1cc(F)ccc1F. The summed E-state index contributed by atoms with van der Waals surface area (Å²) in [6.07, 6.45) is 2.18. The minimum Gasteiger partial charge on any atom is -0.323 e. The Morgan fingerprint density at radius 3 is 2.69 bits per heavy atom. The molecule has 0 aliphatic heterocycles. The van der Waals surface area contributed by atoms with E-state index in [4.69, 9.17) is 0 Å². The van der Waals surface area contributed by atoms with E-state index in [0.29, 0.717) is 17.6 Å². The number of nitrogens with one attached hydrogen (secondary N) is 1. The number of carbonyl (C=O) groups is 1. The Morgan fingerprint density at radius 2 is 1.97 bits per heavy atom. The van der Waals surface area contributed by atoms with Crippen LogP contribution in [0.1, 0.15) is 37.1 Å². The predicted octanol–water partition coefficient (Wildman–Crippen LogP) is 4.60. The minimum atomic E-state index is -0.680. The molecule has 1 fully saturated rings. The molecular formula is C21H20F2N4OS. The van der Waals surface area contributed by atoms with Gasteiger partial charge in [-0.3, -0.25) is 4.79 Å². The first kappa shape index (κ1) is 19.6. The number of benzene rings is 2. The van der Waals surface area contributed by atoms with Crippen LogP contribution in [0.3, 0.4) is 0 Å². The number of thioether (sulfide) groups is 1. The van der Waals surface area contributed by atoms with Crippen LogP contribution in [0.15, 0.2) is 53.7 Å². The van der Waals surface area contributed by atoms with Gasteiger partial charge < -0.3 is 9.88 Å². The fourth-order valence-corrected chi connectivity index (χ4v) is 3.84. The van der Waals surface area contributed by atoms with E-state index in [0.717, 1.165) is 42.4 Å². The zero-order valence-electron chi connectivity index (χ0n) is 15.8. The highest BCUT2D eigenvalue weighted by Crippen LogP contribution is 2.40. The molecule has 1 amide bonds. The number of nitrogens with zero attached hydrogens (tertiary/aromatic N) is 3. The van der Waals surface area contributed by atoms with Crippen molar-refractivity contribution in [2.45, 2.75) is 42.6 Å². The number of hydrogen-bond donors (Lipinski definition) is 1. The van der Waals surface area contributed by atoms with Gasteiger partial charge in [-0.05, 0) is 37.5 Å². The smallest absolute Gasteiger partial charge is 0.237 e. The van der Waals surface area contributed by atoms with E-state index in [2.05, 4.69) is 15.5 Å². The first-order chi connectivity index (χ1) is 14.0. The number of halogens is 2. The third-order valence-corrected chi connectivity index (χ3v) is 5.79. The number of aromatic nitrogens is 3. The highest BCUT2D eigenvalue weighted by atomic mass is 32.2. The summed E-state index contributed by atoms with van der Waals surface area (Å²) in [5.41, 5.74) is 0.946. The number of carbonyl (C=O) groups excluding carboxylic acids is 1. The predicted molar refractivity (Wildman–Crippen MR) is 108 cm³/mol. The van der Waals surface area contributed by atoms with Gasteiger partial charge in [0.25, 0.3) is 0 Å². The Bertz CT molecular complexity index is 1020. The third kappa shape index (κ3) is 4.64. The quantitative estimate of drug-likeness (QED) is 0.574. The monoisotopic (exact) mass is 414 g/mol. The molecule has 29 heavy (non-hydrogen) atoms. The molecule has 1 N–H and O–H groups in total. The third-order valence-electron chi connectivity index (χ3n) is 4.71. The zero-order valence-corrected chi connectivity index (χ0v) is 16.6. The second-order valence-electron chi connectivity index (χ2n) is 7.06. The zero-order chi connectivity index (χ0) is 20.4. The Kier molecular flexibility index (Phi) is 5.62. The molecule has 3 aromatic rings. The normalized spacial score (nSPS) is 14.6. The molecule has 0 unspecified atom stereocenters. The molecule has 1 aromatic heterocycles. The average molecular weight is 414 g/mol. The molecule has 0 bridgehead atoms. The molecule has 1 aliphatic rings. The molecule has 1 atom stereocenters. The van der Waals surface area contributed by atoms with Crippen molar-refractivity contribution in [3.8, 4) is 0 Å². The first-order valence-electron chi connectivity index (χ1n) is 9.41. The van der Waals surface area contributed by atoms with Crippen molar-refractivity contribution in [3.63, 3.8) is 0 Å². The standard InChI is InChI=1S/C21H20F2N4OS/c1-13(20(28)24-18-11-16(22)9-10-17(18)23)29-21-26-25-19(15-7-8-15)27(21)12-14-5-3-2-4-6-14/h2-6,9-11,13,15H,7-8,12H2,1H3,(H,24,28)/t13-/m1/s1. The van der Waals surface area contributed by atoms with Gasteiger partial charge in [0.2, 0.25) is 5.91 Å². The van der Waals surface area contributed by atoms with Gasteiger partial charge in [-0.15, -0.1) is 10.2 Å². The van der Waals surface area contributed by atoms with Crippen molar-refractivity contribution in [3.05, 3.63) is 71.6 Å². The van der Waals surface area contributed by atoms with Crippen molar-refractivity contribution in [1.82, 2.24) is 14.8 Å². The van der Waals surface area contributed by atoms with Gasteiger partial charge in [-0.1, -0.05) is 42.1 Å². The Balaban J connectivity index is 1.51. The van der Waals surface area contributed by atoms with E-state index in [-0.39, 0.29) is 5.69 Å². The lowest BCUT2D eigenvalue weighted by Gasteiger charge is -2.14. The summed E-state index contributed by atoms with van der Waals surface area (Å²) in [7, 11) is 0. The Morgan fingerprint density at radius 1 is 1.21 bits per heavy atom. The van der Waals surface area contributed by atoms with Crippen LogP contribution in [0, 0.1) is 11.6 Å². The van der Waals surface area contributed by atoms with E-state index >= 15 is 0 Å². The van der Waals surface area contributed by atoms with E-state index in [1.54, 1.807) is 6.92 Å². The number of hydrogen-bond acceptors (Lipinski definition) is 4. The molecule has 0 radical (unpaired) electrons. The fourth-order valence-electron chi connectivity index (χ4n) is 2.98. The molecule has 0 spiro atoms. The molecule has 1 saturated carbocycles. The van der Waals surface area contributed by atoms with Crippen LogP contribution < -0.4 is 5.32 Å². The molecule has 1 heterocycles. The fraction of sp³-hybridized carbons (Fsp3) is 0.286. The molecular weight excluding hydrogens is 394 g/mol. The summed E-state index contributed by atoms with van der Waals surface area (Å²) in [4.78, 5) is 12.5. The van der Waals surface area contributed by atoms with Gasteiger partial charge in [0.15, 0.2) is 5.16 Å². The summed E-state index contributed by atoms with van der Waals surface area (Å²) >= 11 is 1.25. The van der Waals surface area contributed by atoms with Gasteiger partial charge in [0.1, 0.15) is 17.5 Å². The molecule has 2 aromatic carbocycles. The summed E-state index contributed by atoms with van der Waals surface area (Å²) in [6.45, 7) is 2.32. The lowest BCUT2D eigenvalue weighted by Crippen LogP contribution is -2.23. The van der Waals surface area contributed by atoms with E-state index in [9.17, 15) is 13.6 Å². The van der Waals surface area contributed by atoms with Crippen molar-refractivity contribution in [2.75, 3.05) is 5.32 Å². The van der Waals surface area contributed by atoms with Crippen molar-refractivity contribution < 1.29 is 13.6 Å². The van der Waals surface area contributed by atoms with Crippen molar-refractivity contribution in [1.29, 1.82) is 0 Å². The second-order valence-corrected chi connectivity index (χ2v) is 8.37. The summed E-state index contributed by atoms with van der Waals surface area (Å²) in [5, 5.41) is 11.2. The van der Waals surface area contributed by atoms with Gasteiger partial charge in [0.05, 0.1) is 17.5 Å². The van der Waals surface area contributed by atoms with Gasteiger partial charge in [-0.2, -0.15) is 0 Å². The minimum absolute atomic E-state index is 0.174. The van der Waals surface area contributed by atoms with Crippen LogP contribution >= 0.6 is 11.8 Å². The highest BCUT2D eigenvalue weighted by molar-refractivity contribution is 8.00. The van der Waals surface area contributed by atoms with E-state index in [1.165, 1.54) is 11.8 Å². The average Bonchev–Trinajstić information content (AvgIpc) is 3.48. The van der Waals surface area contributed by atoms with E-state index in [1.807, 2.05) is 34.9 Å². The summed E-state index contributed by atoms with van der Waals surface area (Å²) in [5.74, 6) is -0.383. The Labute approximate surface area is 171 Å². The molecule has 150 valence electrons. The van der Waals surface area contributed by atoms with Crippen LogP contribution in [0.4, 0.5) is 14.5 Å².